The van der Waals surface area contributed by atoms with Gasteiger partial charge in [-0.3, -0.25) is 14.9 Å². The lowest BCUT2D eigenvalue weighted by atomic mass is 9.92. The van der Waals surface area contributed by atoms with Gasteiger partial charge < -0.3 is 5.32 Å². The van der Waals surface area contributed by atoms with Crippen molar-refractivity contribution in [2.75, 3.05) is 5.32 Å². The molecule has 122 valence electrons. The standard InChI is InChI=1S/C19H18N2O3/c1-11(22)13-7-9-16(17(10-13)21(23)24)20-19-15-8-6-12-4-2-3-5-14(12)18(15)19/h2-5,7,9-10,15,18-20H,6,8H2,1H3. The summed E-state index contributed by atoms with van der Waals surface area (Å²) in [5, 5.41) is 14.7. The average molecular weight is 322 g/mol. The Kier molecular flexibility index (Phi) is 3.37. The fourth-order valence-electron chi connectivity index (χ4n) is 3.97. The number of aryl methyl sites for hydroxylation is 1. The summed E-state index contributed by atoms with van der Waals surface area (Å²) < 4.78 is 0. The first-order valence-corrected chi connectivity index (χ1v) is 8.20. The molecule has 0 radical (unpaired) electrons. The number of Topliss-reactive ketones (excluding diaryl/α,β-unsaturated/α-hetero) is 1. The minimum absolute atomic E-state index is 0.0281. The van der Waals surface area contributed by atoms with E-state index in [-0.39, 0.29) is 17.5 Å². The van der Waals surface area contributed by atoms with Gasteiger partial charge in [0.15, 0.2) is 5.78 Å². The van der Waals surface area contributed by atoms with Gasteiger partial charge in [0.2, 0.25) is 0 Å². The Bertz CT molecular complexity index is 846. The van der Waals surface area contributed by atoms with Gasteiger partial charge in [-0.25, -0.2) is 0 Å². The minimum atomic E-state index is -0.422. The second kappa shape index (κ2) is 5.44. The van der Waals surface area contributed by atoms with Crippen LogP contribution in [0.4, 0.5) is 11.4 Å². The van der Waals surface area contributed by atoms with E-state index in [9.17, 15) is 14.9 Å². The maximum atomic E-state index is 11.5. The summed E-state index contributed by atoms with van der Waals surface area (Å²) in [6.45, 7) is 1.42. The highest BCUT2D eigenvalue weighted by atomic mass is 16.6. The van der Waals surface area contributed by atoms with Crippen molar-refractivity contribution in [2.24, 2.45) is 5.92 Å². The molecule has 0 heterocycles. The first-order valence-electron chi connectivity index (χ1n) is 8.20. The average Bonchev–Trinajstić information content (AvgIpc) is 3.28. The van der Waals surface area contributed by atoms with E-state index in [4.69, 9.17) is 0 Å². The Morgan fingerprint density at radius 2 is 2.04 bits per heavy atom. The smallest absolute Gasteiger partial charge is 0.293 e. The molecule has 3 unspecified atom stereocenters. The lowest BCUT2D eigenvalue weighted by Gasteiger charge is -2.13. The van der Waals surface area contributed by atoms with Crippen LogP contribution >= 0.6 is 0 Å². The molecule has 5 nitrogen and oxygen atoms in total. The number of hydrogen-bond donors (Lipinski definition) is 1. The van der Waals surface area contributed by atoms with Gasteiger partial charge in [-0.15, -0.1) is 0 Å². The normalized spacial score (nSPS) is 23.8. The third-order valence-corrected chi connectivity index (χ3v) is 5.25. The van der Waals surface area contributed by atoms with Gasteiger partial charge in [0.25, 0.3) is 5.69 Å². The number of nitro groups is 1. The number of benzene rings is 2. The van der Waals surface area contributed by atoms with Crippen molar-refractivity contribution in [1.82, 2.24) is 0 Å². The van der Waals surface area contributed by atoms with Crippen LogP contribution < -0.4 is 5.32 Å². The Hall–Kier alpha value is -2.69. The molecule has 0 amide bonds. The number of nitrogens with zero attached hydrogens (tertiary/aromatic N) is 1. The van der Waals surface area contributed by atoms with Crippen LogP contribution in [-0.4, -0.2) is 16.7 Å². The van der Waals surface area contributed by atoms with Crippen LogP contribution in [0.2, 0.25) is 0 Å². The summed E-state index contributed by atoms with van der Waals surface area (Å²) in [5.41, 5.74) is 3.60. The van der Waals surface area contributed by atoms with Crippen molar-refractivity contribution < 1.29 is 9.72 Å². The summed E-state index contributed by atoms with van der Waals surface area (Å²) in [5.74, 6) is 0.799. The van der Waals surface area contributed by atoms with E-state index >= 15 is 0 Å². The van der Waals surface area contributed by atoms with Crippen LogP contribution in [-0.2, 0) is 6.42 Å². The Labute approximate surface area is 139 Å². The predicted octanol–water partition coefficient (Wildman–Crippen LogP) is 3.94. The van der Waals surface area contributed by atoms with Gasteiger partial charge in [0, 0.05) is 23.6 Å². The second-order valence-corrected chi connectivity index (χ2v) is 6.64. The minimum Gasteiger partial charge on any atom is -0.376 e. The number of hydrogen-bond acceptors (Lipinski definition) is 4. The molecule has 2 aliphatic carbocycles. The molecule has 4 rings (SSSR count). The van der Waals surface area contributed by atoms with Crippen molar-refractivity contribution in [3.05, 3.63) is 69.3 Å². The monoisotopic (exact) mass is 322 g/mol. The highest BCUT2D eigenvalue weighted by molar-refractivity contribution is 5.95. The van der Waals surface area contributed by atoms with Crippen molar-refractivity contribution in [3.8, 4) is 0 Å². The molecule has 5 heteroatoms. The topological polar surface area (TPSA) is 72.2 Å². The van der Waals surface area contributed by atoms with Gasteiger partial charge in [-0.2, -0.15) is 0 Å². The summed E-state index contributed by atoms with van der Waals surface area (Å²) in [4.78, 5) is 22.4. The van der Waals surface area contributed by atoms with Crippen LogP contribution in [0, 0.1) is 16.0 Å². The van der Waals surface area contributed by atoms with Crippen molar-refractivity contribution in [2.45, 2.75) is 31.7 Å². The van der Waals surface area contributed by atoms with Crippen molar-refractivity contribution in [3.63, 3.8) is 0 Å². The van der Waals surface area contributed by atoms with Gasteiger partial charge >= 0.3 is 0 Å². The summed E-state index contributed by atoms with van der Waals surface area (Å²) in [7, 11) is 0. The van der Waals surface area contributed by atoms with Crippen LogP contribution in [0.25, 0.3) is 0 Å². The number of carbonyl (C=O) groups excluding carboxylic acids is 1. The Morgan fingerprint density at radius 1 is 1.25 bits per heavy atom. The predicted molar refractivity (Wildman–Crippen MR) is 91.5 cm³/mol. The maximum absolute atomic E-state index is 11.5. The van der Waals surface area contributed by atoms with Gasteiger partial charge in [-0.1, -0.05) is 24.3 Å². The number of nitrogens with one attached hydrogen (secondary N) is 1. The molecule has 2 aromatic rings. The zero-order valence-corrected chi connectivity index (χ0v) is 13.4. The molecule has 0 saturated heterocycles. The van der Waals surface area contributed by atoms with Crippen molar-refractivity contribution in [1.29, 1.82) is 0 Å². The van der Waals surface area contributed by atoms with E-state index in [1.807, 2.05) is 0 Å². The molecule has 24 heavy (non-hydrogen) atoms. The third-order valence-electron chi connectivity index (χ3n) is 5.25. The molecule has 0 bridgehead atoms. The molecule has 0 aromatic heterocycles. The van der Waals surface area contributed by atoms with E-state index in [1.165, 1.54) is 24.1 Å². The first-order chi connectivity index (χ1) is 11.6. The molecule has 2 aromatic carbocycles. The molecular formula is C19H18N2O3. The van der Waals surface area contributed by atoms with Crippen LogP contribution in [0.1, 0.15) is 40.7 Å². The zero-order chi connectivity index (χ0) is 16.8. The summed E-state index contributed by atoms with van der Waals surface area (Å²) >= 11 is 0. The molecule has 1 N–H and O–H groups in total. The fourth-order valence-corrected chi connectivity index (χ4v) is 3.97. The largest absolute Gasteiger partial charge is 0.376 e. The summed E-state index contributed by atoms with van der Waals surface area (Å²) in [6, 6.07) is 13.4. The number of ketones is 1. The van der Waals surface area contributed by atoms with E-state index in [2.05, 4.69) is 29.6 Å². The summed E-state index contributed by atoms with van der Waals surface area (Å²) in [6.07, 6.45) is 2.18. The SMILES string of the molecule is CC(=O)c1ccc(NC2C3CCc4ccccc4C32)c([N+](=O)[O-])c1. The Balaban J connectivity index is 1.61. The lowest BCUT2D eigenvalue weighted by molar-refractivity contribution is -0.384. The van der Waals surface area contributed by atoms with Gasteiger partial charge in [0.1, 0.15) is 5.69 Å². The molecular weight excluding hydrogens is 304 g/mol. The van der Waals surface area contributed by atoms with Gasteiger partial charge in [-0.05, 0) is 48.9 Å². The quantitative estimate of drug-likeness (QED) is 0.526. The second-order valence-electron chi connectivity index (χ2n) is 6.64. The maximum Gasteiger partial charge on any atom is 0.293 e. The number of nitro benzene ring substituents is 1. The van der Waals surface area contributed by atoms with Crippen LogP contribution in [0.15, 0.2) is 42.5 Å². The van der Waals surface area contributed by atoms with E-state index in [0.717, 1.165) is 12.8 Å². The third kappa shape index (κ3) is 2.37. The number of fused-ring (bicyclic) bond motifs is 3. The molecule has 2 aliphatic rings. The molecule has 1 fully saturated rings. The number of carbonyl (C=O) groups is 1. The molecule has 3 atom stereocenters. The highest BCUT2D eigenvalue weighted by Crippen LogP contribution is 2.56. The van der Waals surface area contributed by atoms with Crippen LogP contribution in [0.3, 0.4) is 0 Å². The number of rotatable bonds is 4. The molecule has 0 spiro atoms. The van der Waals surface area contributed by atoms with Crippen LogP contribution in [0.5, 0.6) is 0 Å². The van der Waals surface area contributed by atoms with E-state index < -0.39 is 4.92 Å². The van der Waals surface area contributed by atoms with E-state index in [1.54, 1.807) is 12.1 Å². The number of anilines is 1. The fraction of sp³-hybridized carbons (Fsp3) is 0.316. The molecule has 0 aliphatic heterocycles. The molecule has 1 saturated carbocycles. The highest BCUT2D eigenvalue weighted by Gasteiger charge is 2.53. The zero-order valence-electron chi connectivity index (χ0n) is 13.4. The Morgan fingerprint density at radius 3 is 2.79 bits per heavy atom. The first kappa shape index (κ1) is 14.9. The van der Waals surface area contributed by atoms with Gasteiger partial charge in [0.05, 0.1) is 4.92 Å². The van der Waals surface area contributed by atoms with Crippen molar-refractivity contribution >= 4 is 17.2 Å². The lowest BCUT2D eigenvalue weighted by Crippen LogP contribution is -2.08. The van der Waals surface area contributed by atoms with E-state index in [0.29, 0.717) is 23.1 Å².